The molecule has 0 bridgehead atoms. The molecule has 0 fully saturated rings. The molecule has 0 spiro atoms. The Morgan fingerprint density at radius 1 is 0.532 bits per heavy atom. The van der Waals surface area contributed by atoms with E-state index in [0.29, 0.717) is 11.4 Å². The summed E-state index contributed by atoms with van der Waals surface area (Å²) in [5, 5.41) is 18.9. The first kappa shape index (κ1) is 36.7. The summed E-state index contributed by atoms with van der Waals surface area (Å²) in [6, 6.07) is 72.8. The number of rotatable bonds is 9. The van der Waals surface area contributed by atoms with Gasteiger partial charge in [0.1, 0.15) is 16.9 Å². The maximum atomic E-state index is 9.04. The number of nitrogens with zero attached hydrogens (tertiary/aromatic N) is 3. The number of aromatic nitrogens is 2. The van der Waals surface area contributed by atoms with Gasteiger partial charge in [-0.25, -0.2) is 4.52 Å². The van der Waals surface area contributed by atoms with Crippen molar-refractivity contribution in [3.8, 4) is 44.8 Å². The van der Waals surface area contributed by atoms with Gasteiger partial charge in [0.15, 0.2) is 0 Å². The Morgan fingerprint density at radius 3 is 1.92 bits per heavy atom. The normalized spacial score (nSPS) is 12.0. The minimum Gasteiger partial charge on any atom is -0.456 e. The van der Waals surface area contributed by atoms with Gasteiger partial charge < -0.3 is 9.83 Å². The van der Waals surface area contributed by atoms with Crippen LogP contribution in [-0.2, 0) is 0 Å². The number of para-hydroxylation sites is 1. The van der Waals surface area contributed by atoms with Crippen LogP contribution in [0.3, 0.4) is 0 Å². The molecule has 0 saturated heterocycles. The summed E-state index contributed by atoms with van der Waals surface area (Å²) in [4.78, 5) is 5.07. The molecule has 8 aromatic carbocycles. The van der Waals surface area contributed by atoms with E-state index in [2.05, 4.69) is 144 Å². The van der Waals surface area contributed by atoms with Crippen LogP contribution in [0.5, 0.6) is 0 Å². The van der Waals surface area contributed by atoms with Crippen molar-refractivity contribution in [2.45, 2.75) is 0 Å². The van der Waals surface area contributed by atoms with Crippen LogP contribution in [0.4, 0.5) is 0 Å². The molecule has 3 heterocycles. The zero-order chi connectivity index (χ0) is 41.4. The zero-order valence-corrected chi connectivity index (χ0v) is 33.6. The van der Waals surface area contributed by atoms with E-state index < -0.39 is 0 Å². The number of pyridine rings is 1. The van der Waals surface area contributed by atoms with E-state index >= 15 is 0 Å². The molecule has 0 aliphatic heterocycles. The zero-order valence-electron chi connectivity index (χ0n) is 33.6. The highest BCUT2D eigenvalue weighted by Crippen LogP contribution is 2.41. The summed E-state index contributed by atoms with van der Waals surface area (Å²) in [6.07, 6.45) is 3.73. The van der Waals surface area contributed by atoms with Crippen LogP contribution in [0.25, 0.3) is 88.7 Å². The molecule has 3 aromatic heterocycles. The summed E-state index contributed by atoms with van der Waals surface area (Å²) in [6.45, 7) is 0. The molecule has 0 atom stereocenters. The number of furan rings is 1. The lowest BCUT2D eigenvalue weighted by Gasteiger charge is -2.11. The van der Waals surface area contributed by atoms with Gasteiger partial charge in [-0.3, -0.25) is 4.99 Å². The smallest absolute Gasteiger partial charge is 0.136 e. The van der Waals surface area contributed by atoms with Crippen molar-refractivity contribution >= 4 is 55.9 Å². The lowest BCUT2D eigenvalue weighted by Crippen LogP contribution is -1.96. The monoisotopic (exact) mass is 794 g/mol. The molecule has 11 rings (SSSR count). The minimum atomic E-state index is 0.385. The highest BCUT2D eigenvalue weighted by molar-refractivity contribution is 6.13. The highest BCUT2D eigenvalue weighted by atomic mass is 16.3. The van der Waals surface area contributed by atoms with Crippen molar-refractivity contribution in [2.75, 3.05) is 0 Å². The van der Waals surface area contributed by atoms with E-state index in [1.165, 1.54) is 0 Å². The molecule has 0 aliphatic carbocycles. The molecular weight excluding hydrogens is 757 g/mol. The molecule has 5 heteroatoms. The minimum absolute atomic E-state index is 0.385. The second-order valence-corrected chi connectivity index (χ2v) is 15.4. The topological polar surface area (TPSA) is 66.7 Å². The Kier molecular flexibility index (Phi) is 9.25. The summed E-state index contributed by atoms with van der Waals surface area (Å²) < 4.78 is 8.31. The third-order valence-corrected chi connectivity index (χ3v) is 11.6. The van der Waals surface area contributed by atoms with Crippen LogP contribution >= 0.6 is 0 Å². The van der Waals surface area contributed by atoms with E-state index in [0.717, 1.165) is 99.7 Å². The molecule has 11 aromatic rings. The standard InChI is InChI=1S/C57H38N4O/c58-49(40-15-4-1-5-16-40)36-50(41-33-31-39(32-34-41)46-24-14-26-53-55(46)48-23-12-13-25-52(48)62-53)59-37-38-27-29-43(30-28-38)54-56(44-19-8-3-9-20-44)60-61-51(42-17-6-2-7-18-42)35-45-21-10-11-22-47(45)57(54)61/h1-37,58H/b50-36-,58-49?,59-37?. The predicted octanol–water partition coefficient (Wildman–Crippen LogP) is 14.6. The lowest BCUT2D eigenvalue weighted by molar-refractivity contribution is 0.669. The van der Waals surface area contributed by atoms with Crippen molar-refractivity contribution in [2.24, 2.45) is 4.99 Å². The van der Waals surface area contributed by atoms with Crippen molar-refractivity contribution in [1.82, 2.24) is 9.61 Å². The summed E-state index contributed by atoms with van der Waals surface area (Å²) >= 11 is 0. The number of hydrogen-bond acceptors (Lipinski definition) is 4. The van der Waals surface area contributed by atoms with Crippen molar-refractivity contribution in [3.63, 3.8) is 0 Å². The van der Waals surface area contributed by atoms with Gasteiger partial charge in [0.2, 0.25) is 0 Å². The molecule has 0 saturated carbocycles. The fourth-order valence-electron chi connectivity index (χ4n) is 8.52. The Hall–Kier alpha value is -8.41. The molecule has 0 aliphatic rings. The third kappa shape index (κ3) is 6.68. The summed E-state index contributed by atoms with van der Waals surface area (Å²) in [5.74, 6) is 0. The van der Waals surface area contributed by atoms with Crippen LogP contribution in [0.1, 0.15) is 16.7 Å². The first-order valence-corrected chi connectivity index (χ1v) is 20.7. The second kappa shape index (κ2) is 15.6. The largest absolute Gasteiger partial charge is 0.456 e. The van der Waals surface area contributed by atoms with Crippen LogP contribution < -0.4 is 0 Å². The van der Waals surface area contributed by atoms with E-state index in [4.69, 9.17) is 19.9 Å². The number of fused-ring (bicyclic) bond motifs is 6. The van der Waals surface area contributed by atoms with Crippen LogP contribution in [0.15, 0.2) is 228 Å². The second-order valence-electron chi connectivity index (χ2n) is 15.4. The molecule has 0 amide bonds. The fraction of sp³-hybridized carbons (Fsp3) is 0. The summed E-state index contributed by atoms with van der Waals surface area (Å²) in [7, 11) is 0. The van der Waals surface area contributed by atoms with E-state index in [1.807, 2.05) is 85.1 Å². The lowest BCUT2D eigenvalue weighted by atomic mass is 9.96. The maximum Gasteiger partial charge on any atom is 0.136 e. The SMILES string of the molecule is N=C(/C=C(\N=Cc1ccc(-c2c(-c3ccccc3)nn3c(-c4ccccc4)cc4ccccc4c23)cc1)c1ccc(-c2cccc3oc4ccccc4c23)cc1)c1ccccc1. The van der Waals surface area contributed by atoms with Gasteiger partial charge in [-0.05, 0) is 57.5 Å². The third-order valence-electron chi connectivity index (χ3n) is 11.6. The van der Waals surface area contributed by atoms with Gasteiger partial charge in [0, 0.05) is 44.6 Å². The van der Waals surface area contributed by atoms with E-state index in [9.17, 15) is 0 Å². The van der Waals surface area contributed by atoms with Crippen LogP contribution in [0.2, 0.25) is 0 Å². The predicted molar refractivity (Wildman–Crippen MR) is 257 cm³/mol. The van der Waals surface area contributed by atoms with Gasteiger partial charge in [-0.1, -0.05) is 194 Å². The number of aliphatic imine (C=N–C) groups is 1. The Bertz CT molecular complexity index is 3490. The molecule has 1 N–H and O–H groups in total. The van der Waals surface area contributed by atoms with Crippen LogP contribution in [-0.4, -0.2) is 21.5 Å². The van der Waals surface area contributed by atoms with Gasteiger partial charge in [0.25, 0.3) is 0 Å². The average molecular weight is 795 g/mol. The van der Waals surface area contributed by atoms with E-state index in [1.54, 1.807) is 0 Å². The molecule has 5 nitrogen and oxygen atoms in total. The average Bonchev–Trinajstić information content (AvgIpc) is 3.94. The molecule has 0 unspecified atom stereocenters. The first-order chi connectivity index (χ1) is 30.7. The van der Waals surface area contributed by atoms with Gasteiger partial charge in [0.05, 0.1) is 22.6 Å². The Morgan fingerprint density at radius 2 is 1.16 bits per heavy atom. The Balaban J connectivity index is 0.992. The van der Waals surface area contributed by atoms with Gasteiger partial charge in [-0.2, -0.15) is 5.10 Å². The number of hydrogen-bond donors (Lipinski definition) is 1. The quantitative estimate of drug-likeness (QED) is 0.148. The van der Waals surface area contributed by atoms with Crippen molar-refractivity contribution in [1.29, 1.82) is 5.41 Å². The van der Waals surface area contributed by atoms with Crippen LogP contribution in [0, 0.1) is 5.41 Å². The molecule has 62 heavy (non-hydrogen) atoms. The number of allylic oxidation sites excluding steroid dienone is 1. The maximum absolute atomic E-state index is 9.04. The van der Waals surface area contributed by atoms with Gasteiger partial charge in [-0.15, -0.1) is 0 Å². The van der Waals surface area contributed by atoms with Gasteiger partial charge >= 0.3 is 0 Å². The molecule has 292 valence electrons. The highest BCUT2D eigenvalue weighted by Gasteiger charge is 2.21. The number of benzene rings is 8. The molecular formula is C57H38N4O. The Labute approximate surface area is 358 Å². The van der Waals surface area contributed by atoms with E-state index in [-0.39, 0.29) is 0 Å². The fourth-order valence-corrected chi connectivity index (χ4v) is 8.52. The van der Waals surface area contributed by atoms with Crippen molar-refractivity contribution < 1.29 is 4.42 Å². The van der Waals surface area contributed by atoms with Crippen molar-refractivity contribution in [3.05, 3.63) is 235 Å². The summed E-state index contributed by atoms with van der Waals surface area (Å²) in [5.41, 5.74) is 15.0. The first-order valence-electron chi connectivity index (χ1n) is 20.7. The number of nitrogens with one attached hydrogen (secondary N) is 1. The molecule has 0 radical (unpaired) electrons.